The van der Waals surface area contributed by atoms with Gasteiger partial charge >= 0.3 is 0 Å². The van der Waals surface area contributed by atoms with E-state index < -0.39 is 0 Å². The zero-order valence-corrected chi connectivity index (χ0v) is 12.0. The normalized spacial score (nSPS) is 22.4. The molecule has 1 fully saturated rings. The summed E-state index contributed by atoms with van der Waals surface area (Å²) in [5.41, 5.74) is 7.10. The van der Waals surface area contributed by atoms with Crippen molar-refractivity contribution in [2.75, 3.05) is 26.2 Å². The number of benzene rings is 1. The largest absolute Gasteiger partial charge is 0.396 e. The second kappa shape index (κ2) is 7.25. The topological polar surface area (TPSA) is 49.5 Å². The highest BCUT2D eigenvalue weighted by Gasteiger charge is 2.26. The molecule has 1 aliphatic heterocycles. The lowest BCUT2D eigenvalue weighted by molar-refractivity contribution is 0.110. The van der Waals surface area contributed by atoms with Crippen LogP contribution in [0.5, 0.6) is 0 Å². The third kappa shape index (κ3) is 3.69. The molecule has 1 aliphatic rings. The minimum atomic E-state index is 0.190. The third-order valence-corrected chi connectivity index (χ3v) is 4.36. The van der Waals surface area contributed by atoms with E-state index >= 15 is 0 Å². The first kappa shape index (κ1) is 14.8. The molecule has 0 amide bonds. The molecule has 0 spiro atoms. The van der Waals surface area contributed by atoms with E-state index in [0.29, 0.717) is 12.5 Å². The smallest absolute Gasteiger partial charge is 0.0485 e. The molecule has 2 unspecified atom stereocenters. The van der Waals surface area contributed by atoms with Crippen molar-refractivity contribution >= 4 is 11.6 Å². The van der Waals surface area contributed by atoms with Crippen molar-refractivity contribution in [1.82, 2.24) is 4.90 Å². The van der Waals surface area contributed by atoms with Crippen LogP contribution in [-0.4, -0.2) is 36.2 Å². The van der Waals surface area contributed by atoms with Crippen molar-refractivity contribution in [3.8, 4) is 0 Å². The van der Waals surface area contributed by atoms with E-state index in [9.17, 15) is 0 Å². The van der Waals surface area contributed by atoms with Crippen molar-refractivity contribution < 1.29 is 5.11 Å². The zero-order valence-electron chi connectivity index (χ0n) is 11.3. The second-order valence-corrected chi connectivity index (χ2v) is 5.70. The number of piperidine rings is 1. The fraction of sp³-hybridized carbons (Fsp3) is 0.600. The Balaban J connectivity index is 2.11. The molecule has 0 aromatic heterocycles. The molecule has 19 heavy (non-hydrogen) atoms. The molecule has 0 radical (unpaired) electrons. The number of halogens is 1. The summed E-state index contributed by atoms with van der Waals surface area (Å²) >= 11 is 6.29. The van der Waals surface area contributed by atoms with E-state index in [1.165, 1.54) is 12.8 Å². The van der Waals surface area contributed by atoms with Crippen LogP contribution < -0.4 is 5.73 Å². The summed E-state index contributed by atoms with van der Waals surface area (Å²) in [6.07, 6.45) is 3.26. The lowest BCUT2D eigenvalue weighted by Gasteiger charge is -2.38. The van der Waals surface area contributed by atoms with Gasteiger partial charge in [-0.15, -0.1) is 0 Å². The van der Waals surface area contributed by atoms with Gasteiger partial charge in [0.25, 0.3) is 0 Å². The summed E-state index contributed by atoms with van der Waals surface area (Å²) in [6.45, 7) is 2.93. The number of nitrogens with two attached hydrogens (primary N) is 1. The summed E-state index contributed by atoms with van der Waals surface area (Å²) in [5, 5.41) is 9.89. The van der Waals surface area contributed by atoms with E-state index in [-0.39, 0.29) is 12.6 Å². The van der Waals surface area contributed by atoms with Crippen LogP contribution in [0.15, 0.2) is 24.3 Å². The highest BCUT2D eigenvalue weighted by Crippen LogP contribution is 2.31. The first-order valence-corrected chi connectivity index (χ1v) is 7.43. The molecule has 3 N–H and O–H groups in total. The Labute approximate surface area is 120 Å². The molecule has 3 nitrogen and oxygen atoms in total. The van der Waals surface area contributed by atoms with Gasteiger partial charge in [-0.2, -0.15) is 0 Å². The van der Waals surface area contributed by atoms with Gasteiger partial charge in [0.05, 0.1) is 0 Å². The number of aliphatic hydroxyl groups is 1. The predicted octanol–water partition coefficient (Wildman–Crippen LogP) is 2.43. The number of hydrogen-bond acceptors (Lipinski definition) is 3. The second-order valence-electron chi connectivity index (χ2n) is 5.29. The Kier molecular flexibility index (Phi) is 5.64. The van der Waals surface area contributed by atoms with Crippen LogP contribution in [0.1, 0.15) is 30.9 Å². The van der Waals surface area contributed by atoms with E-state index in [2.05, 4.69) is 11.0 Å². The van der Waals surface area contributed by atoms with Gasteiger partial charge in [-0.25, -0.2) is 0 Å². The summed E-state index contributed by atoms with van der Waals surface area (Å²) in [4.78, 5) is 2.42. The predicted molar refractivity (Wildman–Crippen MR) is 79.2 cm³/mol. The van der Waals surface area contributed by atoms with Crippen molar-refractivity contribution in [3.63, 3.8) is 0 Å². The Bertz CT molecular complexity index is 397. The molecule has 0 bridgehead atoms. The minimum Gasteiger partial charge on any atom is -0.396 e. The molecule has 2 rings (SSSR count). The van der Waals surface area contributed by atoms with Crippen LogP contribution in [0.3, 0.4) is 0 Å². The van der Waals surface area contributed by atoms with Crippen LogP contribution >= 0.6 is 11.6 Å². The van der Waals surface area contributed by atoms with Gasteiger partial charge in [-0.3, -0.25) is 4.90 Å². The highest BCUT2D eigenvalue weighted by atomic mass is 35.5. The van der Waals surface area contributed by atoms with Gasteiger partial charge < -0.3 is 10.8 Å². The fourth-order valence-corrected chi connectivity index (χ4v) is 3.28. The average Bonchev–Trinajstić information content (AvgIpc) is 2.43. The first-order valence-electron chi connectivity index (χ1n) is 7.05. The van der Waals surface area contributed by atoms with Crippen LogP contribution in [0, 0.1) is 5.92 Å². The quantitative estimate of drug-likeness (QED) is 0.872. The molecule has 2 atom stereocenters. The van der Waals surface area contributed by atoms with Gasteiger partial charge in [0.15, 0.2) is 0 Å². The number of hydrogen-bond donors (Lipinski definition) is 2. The molecule has 0 saturated carbocycles. The Morgan fingerprint density at radius 3 is 2.89 bits per heavy atom. The number of rotatable bonds is 5. The van der Waals surface area contributed by atoms with E-state index in [1.807, 2.05) is 18.2 Å². The van der Waals surface area contributed by atoms with Crippen molar-refractivity contribution in [2.24, 2.45) is 11.7 Å². The molecule has 0 aliphatic carbocycles. The van der Waals surface area contributed by atoms with E-state index in [4.69, 9.17) is 22.4 Å². The summed E-state index contributed by atoms with van der Waals surface area (Å²) in [5.74, 6) is 0.579. The Hall–Kier alpha value is -0.610. The maximum Gasteiger partial charge on any atom is 0.0485 e. The molecular formula is C15H23ClN2O. The highest BCUT2D eigenvalue weighted by molar-refractivity contribution is 6.31. The Morgan fingerprint density at radius 2 is 2.21 bits per heavy atom. The monoisotopic (exact) mass is 282 g/mol. The van der Waals surface area contributed by atoms with E-state index in [1.54, 1.807) is 0 Å². The van der Waals surface area contributed by atoms with Gasteiger partial charge in [0.2, 0.25) is 0 Å². The number of nitrogens with zero attached hydrogens (tertiary/aromatic N) is 1. The van der Waals surface area contributed by atoms with Crippen LogP contribution in [-0.2, 0) is 0 Å². The third-order valence-electron chi connectivity index (χ3n) is 4.02. The first-order chi connectivity index (χ1) is 9.26. The van der Waals surface area contributed by atoms with Crippen molar-refractivity contribution in [3.05, 3.63) is 34.9 Å². The molecule has 1 aromatic carbocycles. The molecule has 106 valence electrons. The molecule has 1 aromatic rings. The van der Waals surface area contributed by atoms with Gasteiger partial charge in [0, 0.05) is 30.8 Å². The average molecular weight is 283 g/mol. The molecule has 4 heteroatoms. The fourth-order valence-electron chi connectivity index (χ4n) is 3.02. The van der Waals surface area contributed by atoms with Gasteiger partial charge in [-0.1, -0.05) is 29.8 Å². The van der Waals surface area contributed by atoms with Crippen LogP contribution in [0.2, 0.25) is 5.02 Å². The Morgan fingerprint density at radius 1 is 1.42 bits per heavy atom. The number of aliphatic hydroxyl groups excluding tert-OH is 1. The van der Waals surface area contributed by atoms with Crippen LogP contribution in [0.25, 0.3) is 0 Å². The molecule has 1 heterocycles. The maximum absolute atomic E-state index is 9.10. The van der Waals surface area contributed by atoms with Crippen molar-refractivity contribution in [1.29, 1.82) is 0 Å². The lowest BCUT2D eigenvalue weighted by atomic mass is 9.92. The summed E-state index contributed by atoms with van der Waals surface area (Å²) < 4.78 is 0. The minimum absolute atomic E-state index is 0.190. The van der Waals surface area contributed by atoms with E-state index in [0.717, 1.165) is 30.1 Å². The van der Waals surface area contributed by atoms with Crippen LogP contribution in [0.4, 0.5) is 0 Å². The zero-order chi connectivity index (χ0) is 13.7. The lowest BCUT2D eigenvalue weighted by Crippen LogP contribution is -2.41. The van der Waals surface area contributed by atoms with Gasteiger partial charge in [0.1, 0.15) is 0 Å². The number of likely N-dealkylation sites (tertiary alicyclic amines) is 1. The van der Waals surface area contributed by atoms with Gasteiger partial charge in [-0.05, 0) is 43.4 Å². The summed E-state index contributed by atoms with van der Waals surface area (Å²) in [7, 11) is 0. The maximum atomic E-state index is 9.10. The van der Waals surface area contributed by atoms with Crippen molar-refractivity contribution in [2.45, 2.75) is 25.3 Å². The molecular weight excluding hydrogens is 260 g/mol. The SMILES string of the molecule is NCC(c1ccccc1Cl)N1CCCC(CCO)C1. The summed E-state index contributed by atoms with van der Waals surface area (Å²) in [6, 6.07) is 8.14. The molecule has 1 saturated heterocycles. The standard InChI is InChI=1S/C15H23ClN2O/c16-14-6-2-1-5-13(14)15(10-17)18-8-3-4-12(11-18)7-9-19/h1-2,5-6,12,15,19H,3-4,7-11,17H2.